The third-order valence-electron chi connectivity index (χ3n) is 3.36. The first-order valence-electron chi connectivity index (χ1n) is 5.99. The average molecular weight is 224 g/mol. The highest BCUT2D eigenvalue weighted by Gasteiger charge is 2.46. The molecule has 0 aromatic carbocycles. The zero-order chi connectivity index (χ0) is 11.6. The fourth-order valence-electron chi connectivity index (χ4n) is 2.20. The summed E-state index contributed by atoms with van der Waals surface area (Å²) in [6, 6.07) is 0. The van der Waals surface area contributed by atoms with Crippen molar-refractivity contribution in [1.82, 2.24) is 15.5 Å². The number of amides is 1. The van der Waals surface area contributed by atoms with Crippen LogP contribution >= 0.6 is 0 Å². The number of nitrogens with one attached hydrogen (secondary N) is 2. The minimum absolute atomic E-state index is 0.0930. The van der Waals surface area contributed by atoms with Gasteiger partial charge < -0.3 is 10.2 Å². The molecule has 0 atom stereocenters. The van der Waals surface area contributed by atoms with Crippen LogP contribution in [-0.4, -0.2) is 49.0 Å². The summed E-state index contributed by atoms with van der Waals surface area (Å²) in [6.07, 6.45) is 2.72. The molecular formula is C11H20N4O. The summed E-state index contributed by atoms with van der Waals surface area (Å²) in [5.41, 5.74) is -0.390. The van der Waals surface area contributed by atoms with Crippen molar-refractivity contribution in [3.8, 4) is 0 Å². The van der Waals surface area contributed by atoms with Gasteiger partial charge in [-0.15, -0.1) is 0 Å². The molecule has 5 nitrogen and oxygen atoms in total. The van der Waals surface area contributed by atoms with Crippen LogP contribution in [0, 0.1) is 0 Å². The van der Waals surface area contributed by atoms with Crippen LogP contribution in [0.4, 0.5) is 0 Å². The van der Waals surface area contributed by atoms with Gasteiger partial charge in [0, 0.05) is 19.6 Å². The van der Waals surface area contributed by atoms with Gasteiger partial charge in [-0.2, -0.15) is 0 Å². The Labute approximate surface area is 96.3 Å². The third kappa shape index (κ3) is 2.04. The van der Waals surface area contributed by atoms with E-state index < -0.39 is 0 Å². The molecule has 0 saturated carbocycles. The van der Waals surface area contributed by atoms with Gasteiger partial charge in [0.2, 0.25) is 0 Å². The Morgan fingerprint density at radius 1 is 1.44 bits per heavy atom. The van der Waals surface area contributed by atoms with Gasteiger partial charge >= 0.3 is 0 Å². The molecule has 5 heteroatoms. The lowest BCUT2D eigenvalue weighted by molar-refractivity contribution is -0.125. The molecule has 2 aliphatic rings. The summed E-state index contributed by atoms with van der Waals surface area (Å²) in [7, 11) is 2.09. The molecule has 16 heavy (non-hydrogen) atoms. The van der Waals surface area contributed by atoms with Gasteiger partial charge in [-0.1, -0.05) is 6.92 Å². The number of aliphatic imine (C=N–C) groups is 1. The average Bonchev–Trinajstić information content (AvgIpc) is 2.58. The molecule has 2 saturated heterocycles. The number of carbonyl (C=O) groups is 1. The van der Waals surface area contributed by atoms with E-state index in [4.69, 9.17) is 0 Å². The van der Waals surface area contributed by atoms with Gasteiger partial charge in [0.25, 0.3) is 5.91 Å². The van der Waals surface area contributed by atoms with E-state index in [1.807, 2.05) is 0 Å². The van der Waals surface area contributed by atoms with Crippen LogP contribution < -0.4 is 10.6 Å². The van der Waals surface area contributed by atoms with Gasteiger partial charge in [0.1, 0.15) is 5.54 Å². The zero-order valence-electron chi connectivity index (χ0n) is 10.0. The lowest BCUT2D eigenvalue weighted by Gasteiger charge is -2.35. The molecule has 1 amide bonds. The molecule has 90 valence electrons. The van der Waals surface area contributed by atoms with Crippen LogP contribution in [0.2, 0.25) is 0 Å². The molecule has 0 aromatic heterocycles. The normalized spacial score (nSPS) is 27.1. The van der Waals surface area contributed by atoms with Crippen LogP contribution in [0.15, 0.2) is 4.99 Å². The minimum Gasteiger partial charge on any atom is -0.342 e. The predicted octanol–water partition coefficient (Wildman–Crippen LogP) is -0.0638. The molecule has 2 rings (SSSR count). The van der Waals surface area contributed by atoms with E-state index in [1.165, 1.54) is 0 Å². The van der Waals surface area contributed by atoms with Crippen LogP contribution in [0.25, 0.3) is 0 Å². The fourth-order valence-corrected chi connectivity index (χ4v) is 2.20. The first kappa shape index (κ1) is 11.4. The first-order valence-corrected chi connectivity index (χ1v) is 5.99. The Hall–Kier alpha value is -1.10. The van der Waals surface area contributed by atoms with Gasteiger partial charge in [-0.3, -0.25) is 15.1 Å². The van der Waals surface area contributed by atoms with Crippen LogP contribution in [0.1, 0.15) is 26.2 Å². The van der Waals surface area contributed by atoms with Crippen molar-refractivity contribution in [2.24, 2.45) is 4.99 Å². The van der Waals surface area contributed by atoms with Crippen LogP contribution in [-0.2, 0) is 4.79 Å². The predicted molar refractivity (Wildman–Crippen MR) is 63.3 cm³/mol. The smallest absolute Gasteiger partial charge is 0.252 e. The largest absolute Gasteiger partial charge is 0.342 e. The minimum atomic E-state index is -0.390. The second kappa shape index (κ2) is 4.41. The standard InChI is InChI=1S/C11H20N4O/c1-3-6-12-10-13-9(16)11(14-10)4-7-15(2)8-5-11/h3-8H2,1-2H3,(H2,12,13,14,16). The van der Waals surface area contributed by atoms with Gasteiger partial charge in [0.05, 0.1) is 0 Å². The first-order chi connectivity index (χ1) is 7.66. The van der Waals surface area contributed by atoms with Crippen molar-refractivity contribution >= 4 is 11.9 Å². The molecule has 2 heterocycles. The number of hydrogen-bond donors (Lipinski definition) is 2. The van der Waals surface area contributed by atoms with E-state index in [9.17, 15) is 4.79 Å². The number of piperidine rings is 1. The monoisotopic (exact) mass is 224 g/mol. The van der Waals surface area contributed by atoms with Crippen molar-refractivity contribution in [2.45, 2.75) is 31.7 Å². The highest BCUT2D eigenvalue weighted by molar-refractivity contribution is 6.09. The Balaban J connectivity index is 2.04. The molecule has 0 unspecified atom stereocenters. The van der Waals surface area contributed by atoms with E-state index in [2.05, 4.69) is 34.5 Å². The fraction of sp³-hybridized carbons (Fsp3) is 0.818. The Kier molecular flexibility index (Phi) is 3.14. The van der Waals surface area contributed by atoms with Crippen LogP contribution in [0.5, 0.6) is 0 Å². The highest BCUT2D eigenvalue weighted by atomic mass is 16.2. The Morgan fingerprint density at radius 3 is 2.75 bits per heavy atom. The van der Waals surface area contributed by atoms with E-state index in [0.717, 1.165) is 38.9 Å². The Bertz CT molecular complexity index is 305. The lowest BCUT2D eigenvalue weighted by atomic mass is 9.88. The van der Waals surface area contributed by atoms with Gasteiger partial charge in [0.15, 0.2) is 5.96 Å². The molecule has 0 aromatic rings. The highest BCUT2D eigenvalue weighted by Crippen LogP contribution is 2.24. The summed E-state index contributed by atoms with van der Waals surface area (Å²) in [5.74, 6) is 0.756. The maximum Gasteiger partial charge on any atom is 0.252 e. The third-order valence-corrected chi connectivity index (χ3v) is 3.36. The van der Waals surface area contributed by atoms with Crippen LogP contribution in [0.3, 0.4) is 0 Å². The van der Waals surface area contributed by atoms with Crippen molar-refractivity contribution in [1.29, 1.82) is 0 Å². The summed E-state index contributed by atoms with van der Waals surface area (Å²) >= 11 is 0. The maximum absolute atomic E-state index is 12.0. The molecular weight excluding hydrogens is 204 g/mol. The molecule has 0 bridgehead atoms. The van der Waals surface area contributed by atoms with Crippen molar-refractivity contribution in [3.63, 3.8) is 0 Å². The molecule has 2 aliphatic heterocycles. The number of rotatable bonds is 2. The van der Waals surface area contributed by atoms with Crippen molar-refractivity contribution in [2.75, 3.05) is 26.7 Å². The molecule has 0 aliphatic carbocycles. The van der Waals surface area contributed by atoms with Crippen molar-refractivity contribution < 1.29 is 4.79 Å². The molecule has 0 radical (unpaired) electrons. The van der Waals surface area contributed by atoms with E-state index in [0.29, 0.717) is 5.96 Å². The number of carbonyl (C=O) groups excluding carboxylic acids is 1. The summed E-state index contributed by atoms with van der Waals surface area (Å²) < 4.78 is 0. The molecule has 2 fully saturated rings. The van der Waals surface area contributed by atoms with Crippen molar-refractivity contribution in [3.05, 3.63) is 0 Å². The number of nitrogens with zero attached hydrogens (tertiary/aromatic N) is 2. The maximum atomic E-state index is 12.0. The Morgan fingerprint density at radius 2 is 2.12 bits per heavy atom. The quantitative estimate of drug-likeness (QED) is 0.690. The lowest BCUT2D eigenvalue weighted by Crippen LogP contribution is -2.54. The van der Waals surface area contributed by atoms with E-state index in [1.54, 1.807) is 0 Å². The number of guanidine groups is 1. The SMILES string of the molecule is CCCN=C1NC(=O)C2(CCN(C)CC2)N1. The summed E-state index contributed by atoms with van der Waals surface area (Å²) in [4.78, 5) is 18.5. The topological polar surface area (TPSA) is 56.7 Å². The van der Waals surface area contributed by atoms with Gasteiger partial charge in [-0.25, -0.2) is 0 Å². The zero-order valence-corrected chi connectivity index (χ0v) is 10.0. The number of hydrogen-bond acceptors (Lipinski definition) is 3. The van der Waals surface area contributed by atoms with E-state index in [-0.39, 0.29) is 11.4 Å². The second-order valence-corrected chi connectivity index (χ2v) is 4.69. The summed E-state index contributed by atoms with van der Waals surface area (Å²) in [6.45, 7) is 4.76. The second-order valence-electron chi connectivity index (χ2n) is 4.69. The van der Waals surface area contributed by atoms with Gasteiger partial charge in [-0.05, 0) is 26.3 Å². The summed E-state index contributed by atoms with van der Waals surface area (Å²) in [5, 5.41) is 6.12. The molecule has 1 spiro atoms. The van der Waals surface area contributed by atoms with E-state index >= 15 is 0 Å². The number of likely N-dealkylation sites (tertiary alicyclic amines) is 1. The molecule has 2 N–H and O–H groups in total.